The number of hydrogen-bond donors (Lipinski definition) is 1. The third-order valence-corrected chi connectivity index (χ3v) is 4.15. The lowest BCUT2D eigenvalue weighted by atomic mass is 10.1. The van der Waals surface area contributed by atoms with Crippen LogP contribution in [0.2, 0.25) is 0 Å². The summed E-state index contributed by atoms with van der Waals surface area (Å²) in [6, 6.07) is 0.546. The molecule has 1 unspecified atom stereocenters. The van der Waals surface area contributed by atoms with Crippen molar-refractivity contribution < 1.29 is 4.74 Å². The fourth-order valence-corrected chi connectivity index (χ4v) is 2.94. The van der Waals surface area contributed by atoms with Crippen LogP contribution in [0.5, 0.6) is 0 Å². The SMILES string of the molecule is Cc1nn(CCC2CCCO2)c(C)c1CCNC(C)C. The topological polar surface area (TPSA) is 39.1 Å². The highest BCUT2D eigenvalue weighted by Gasteiger charge is 2.17. The number of nitrogens with one attached hydrogen (secondary N) is 1. The minimum atomic E-state index is 0.449. The van der Waals surface area contributed by atoms with Crippen molar-refractivity contribution in [2.24, 2.45) is 0 Å². The number of rotatable bonds is 7. The van der Waals surface area contributed by atoms with Crippen molar-refractivity contribution in [2.45, 2.75) is 72.1 Å². The smallest absolute Gasteiger partial charge is 0.0628 e. The maximum absolute atomic E-state index is 5.69. The molecule has 1 aliphatic heterocycles. The molecule has 1 N–H and O–H groups in total. The van der Waals surface area contributed by atoms with Crippen molar-refractivity contribution in [2.75, 3.05) is 13.2 Å². The molecule has 1 aliphatic rings. The van der Waals surface area contributed by atoms with Crippen molar-refractivity contribution in [1.82, 2.24) is 15.1 Å². The Morgan fingerprint density at radius 3 is 2.85 bits per heavy atom. The molecule has 1 atom stereocenters. The zero-order chi connectivity index (χ0) is 14.5. The molecule has 0 aromatic carbocycles. The lowest BCUT2D eigenvalue weighted by Crippen LogP contribution is -2.25. The van der Waals surface area contributed by atoms with E-state index in [1.807, 2.05) is 0 Å². The Bertz CT molecular complexity index is 420. The van der Waals surface area contributed by atoms with Crippen LogP contribution in [0.1, 0.15) is 50.1 Å². The van der Waals surface area contributed by atoms with E-state index >= 15 is 0 Å². The molecular formula is C16H29N3O. The Morgan fingerprint density at radius 2 is 2.20 bits per heavy atom. The van der Waals surface area contributed by atoms with Gasteiger partial charge in [0.2, 0.25) is 0 Å². The van der Waals surface area contributed by atoms with E-state index in [9.17, 15) is 0 Å². The van der Waals surface area contributed by atoms with Gasteiger partial charge in [0.15, 0.2) is 0 Å². The highest BCUT2D eigenvalue weighted by molar-refractivity contribution is 5.24. The number of hydrogen-bond acceptors (Lipinski definition) is 3. The van der Waals surface area contributed by atoms with Gasteiger partial charge in [0.1, 0.15) is 0 Å². The first-order chi connectivity index (χ1) is 9.58. The first-order valence-electron chi connectivity index (χ1n) is 7.95. The van der Waals surface area contributed by atoms with Crippen LogP contribution in [-0.2, 0) is 17.7 Å². The van der Waals surface area contributed by atoms with E-state index in [0.29, 0.717) is 12.1 Å². The minimum Gasteiger partial charge on any atom is -0.378 e. The van der Waals surface area contributed by atoms with Gasteiger partial charge in [-0.05, 0) is 51.6 Å². The van der Waals surface area contributed by atoms with Crippen LogP contribution in [-0.4, -0.2) is 35.1 Å². The third-order valence-electron chi connectivity index (χ3n) is 4.15. The molecule has 0 aliphatic carbocycles. The Balaban J connectivity index is 1.89. The number of ether oxygens (including phenoxy) is 1. The molecule has 114 valence electrons. The largest absolute Gasteiger partial charge is 0.378 e. The van der Waals surface area contributed by atoms with E-state index in [4.69, 9.17) is 9.84 Å². The summed E-state index contributed by atoms with van der Waals surface area (Å²) in [6.45, 7) is 11.6. The molecular weight excluding hydrogens is 250 g/mol. The van der Waals surface area contributed by atoms with Gasteiger partial charge in [-0.2, -0.15) is 5.10 Å². The van der Waals surface area contributed by atoms with E-state index in [2.05, 4.69) is 37.7 Å². The molecule has 4 heteroatoms. The summed E-state index contributed by atoms with van der Waals surface area (Å²) in [5.41, 5.74) is 3.91. The molecule has 1 aromatic heterocycles. The van der Waals surface area contributed by atoms with Crippen molar-refractivity contribution in [3.05, 3.63) is 17.0 Å². The average Bonchev–Trinajstić information content (AvgIpc) is 2.99. The second kappa shape index (κ2) is 7.23. The molecule has 20 heavy (non-hydrogen) atoms. The van der Waals surface area contributed by atoms with Gasteiger partial charge in [-0.1, -0.05) is 13.8 Å². The molecule has 2 heterocycles. The summed E-state index contributed by atoms with van der Waals surface area (Å²) in [7, 11) is 0. The Morgan fingerprint density at radius 1 is 1.40 bits per heavy atom. The highest BCUT2D eigenvalue weighted by atomic mass is 16.5. The average molecular weight is 279 g/mol. The molecule has 4 nitrogen and oxygen atoms in total. The quantitative estimate of drug-likeness (QED) is 0.834. The van der Waals surface area contributed by atoms with Gasteiger partial charge < -0.3 is 10.1 Å². The van der Waals surface area contributed by atoms with Crippen LogP contribution < -0.4 is 5.32 Å². The van der Waals surface area contributed by atoms with Crippen molar-refractivity contribution in [3.63, 3.8) is 0 Å². The van der Waals surface area contributed by atoms with Crippen LogP contribution in [0.4, 0.5) is 0 Å². The van der Waals surface area contributed by atoms with Gasteiger partial charge in [0.05, 0.1) is 11.8 Å². The molecule has 0 amide bonds. The van der Waals surface area contributed by atoms with Crippen molar-refractivity contribution in [1.29, 1.82) is 0 Å². The molecule has 0 saturated carbocycles. The maximum Gasteiger partial charge on any atom is 0.0628 e. The van der Waals surface area contributed by atoms with E-state index in [0.717, 1.165) is 32.5 Å². The zero-order valence-corrected chi connectivity index (χ0v) is 13.4. The van der Waals surface area contributed by atoms with Gasteiger partial charge in [0, 0.05) is 24.9 Å². The van der Waals surface area contributed by atoms with Gasteiger partial charge in [-0.25, -0.2) is 0 Å². The Hall–Kier alpha value is -0.870. The first-order valence-corrected chi connectivity index (χ1v) is 7.95. The summed E-state index contributed by atoms with van der Waals surface area (Å²) in [6.07, 6.45) is 5.03. The van der Waals surface area contributed by atoms with Crippen LogP contribution in [0.15, 0.2) is 0 Å². The second-order valence-corrected chi connectivity index (χ2v) is 6.16. The molecule has 1 saturated heterocycles. The molecule has 1 fully saturated rings. The van der Waals surface area contributed by atoms with Gasteiger partial charge in [-0.3, -0.25) is 4.68 Å². The molecule has 0 spiro atoms. The zero-order valence-electron chi connectivity index (χ0n) is 13.4. The summed E-state index contributed by atoms with van der Waals surface area (Å²) < 4.78 is 7.86. The van der Waals surface area contributed by atoms with Crippen molar-refractivity contribution in [3.8, 4) is 0 Å². The summed E-state index contributed by atoms with van der Waals surface area (Å²) in [4.78, 5) is 0. The fourth-order valence-electron chi connectivity index (χ4n) is 2.94. The Kier molecular flexibility index (Phi) is 5.61. The van der Waals surface area contributed by atoms with Gasteiger partial charge in [0.25, 0.3) is 0 Å². The second-order valence-electron chi connectivity index (χ2n) is 6.16. The van der Waals surface area contributed by atoms with E-state index in [1.165, 1.54) is 29.8 Å². The number of nitrogens with zero attached hydrogens (tertiary/aromatic N) is 2. The molecule has 0 radical (unpaired) electrons. The third kappa shape index (κ3) is 4.06. The van der Waals surface area contributed by atoms with Gasteiger partial charge >= 0.3 is 0 Å². The maximum atomic E-state index is 5.69. The first kappa shape index (κ1) is 15.5. The standard InChI is InChI=1S/C16H29N3O/c1-12(2)17-9-7-16-13(3)18-19(14(16)4)10-8-15-6-5-11-20-15/h12,15,17H,5-11H2,1-4H3. The normalized spacial score (nSPS) is 19.1. The monoisotopic (exact) mass is 279 g/mol. The predicted molar refractivity (Wildman–Crippen MR) is 82.1 cm³/mol. The number of aryl methyl sites for hydroxylation is 2. The van der Waals surface area contributed by atoms with Crippen LogP contribution in [0.25, 0.3) is 0 Å². The minimum absolute atomic E-state index is 0.449. The summed E-state index contributed by atoms with van der Waals surface area (Å²) in [5, 5.41) is 8.18. The Labute approximate surface area is 122 Å². The van der Waals surface area contributed by atoms with E-state index in [1.54, 1.807) is 0 Å². The van der Waals surface area contributed by atoms with Crippen molar-refractivity contribution >= 4 is 0 Å². The molecule has 0 bridgehead atoms. The van der Waals surface area contributed by atoms with Gasteiger partial charge in [-0.15, -0.1) is 0 Å². The fraction of sp³-hybridized carbons (Fsp3) is 0.812. The van der Waals surface area contributed by atoms with E-state index in [-0.39, 0.29) is 0 Å². The molecule has 2 rings (SSSR count). The highest BCUT2D eigenvalue weighted by Crippen LogP contribution is 2.18. The summed E-state index contributed by atoms with van der Waals surface area (Å²) >= 11 is 0. The lowest BCUT2D eigenvalue weighted by molar-refractivity contribution is 0.0992. The molecule has 1 aromatic rings. The summed E-state index contributed by atoms with van der Waals surface area (Å²) in [5.74, 6) is 0. The van der Waals surface area contributed by atoms with Crippen LogP contribution >= 0.6 is 0 Å². The lowest BCUT2D eigenvalue weighted by Gasteiger charge is -2.11. The predicted octanol–water partition coefficient (Wildman–Crippen LogP) is 2.61. The number of aromatic nitrogens is 2. The van der Waals surface area contributed by atoms with E-state index < -0.39 is 0 Å². The van der Waals surface area contributed by atoms with Crippen LogP contribution in [0, 0.1) is 13.8 Å². The van der Waals surface area contributed by atoms with Crippen LogP contribution in [0.3, 0.4) is 0 Å².